The molecular weight excluding hydrogens is 444 g/mol. The molecule has 0 saturated heterocycles. The number of benzene rings is 3. The fraction of sp³-hybridized carbons (Fsp3) is 0.0909. The fourth-order valence-corrected chi connectivity index (χ4v) is 3.84. The van der Waals surface area contributed by atoms with Crippen LogP contribution in [0.5, 0.6) is 11.5 Å². The number of carbonyl (C=O) groups is 2. The SMILES string of the molecule is Cc1cc(-c2cc(S(C)(=O)=O)ccc2Oc2ccccc2Cl)c(C(=O)O)cc1C(=O)O. The van der Waals surface area contributed by atoms with Crippen LogP contribution in [0.25, 0.3) is 11.1 Å². The zero-order chi connectivity index (χ0) is 22.9. The Balaban J connectivity index is 2.32. The van der Waals surface area contributed by atoms with Gasteiger partial charge in [-0.3, -0.25) is 0 Å². The summed E-state index contributed by atoms with van der Waals surface area (Å²) in [4.78, 5) is 23.3. The number of carboxylic acids is 2. The van der Waals surface area contributed by atoms with Crippen LogP contribution in [0.3, 0.4) is 0 Å². The number of sulfone groups is 1. The molecule has 3 aromatic carbocycles. The maximum Gasteiger partial charge on any atom is 0.336 e. The summed E-state index contributed by atoms with van der Waals surface area (Å²) >= 11 is 6.16. The first kappa shape index (κ1) is 22.3. The van der Waals surface area contributed by atoms with Crippen molar-refractivity contribution in [1.82, 2.24) is 0 Å². The summed E-state index contributed by atoms with van der Waals surface area (Å²) in [6.07, 6.45) is 1.03. The maximum absolute atomic E-state index is 12.1. The minimum atomic E-state index is -3.62. The second-order valence-electron chi connectivity index (χ2n) is 6.79. The first-order chi connectivity index (χ1) is 14.5. The van der Waals surface area contributed by atoms with Crippen LogP contribution in [0.1, 0.15) is 26.3 Å². The van der Waals surface area contributed by atoms with Crippen LogP contribution in [0, 0.1) is 6.92 Å². The Morgan fingerprint density at radius 3 is 2.10 bits per heavy atom. The highest BCUT2D eigenvalue weighted by molar-refractivity contribution is 7.90. The Morgan fingerprint density at radius 2 is 1.52 bits per heavy atom. The number of hydrogen-bond acceptors (Lipinski definition) is 5. The fourth-order valence-electron chi connectivity index (χ4n) is 3.02. The largest absolute Gasteiger partial charge is 0.478 e. The molecule has 0 aliphatic carbocycles. The molecule has 160 valence electrons. The van der Waals surface area contributed by atoms with Gasteiger partial charge in [0.1, 0.15) is 11.5 Å². The van der Waals surface area contributed by atoms with Gasteiger partial charge in [-0.15, -0.1) is 0 Å². The monoisotopic (exact) mass is 460 g/mol. The second kappa shape index (κ2) is 8.41. The minimum Gasteiger partial charge on any atom is -0.478 e. The van der Waals surface area contributed by atoms with Crippen molar-refractivity contribution >= 4 is 33.4 Å². The summed E-state index contributed by atoms with van der Waals surface area (Å²) in [5.74, 6) is -2.20. The lowest BCUT2D eigenvalue weighted by molar-refractivity contribution is 0.0695. The topological polar surface area (TPSA) is 118 Å². The first-order valence-electron chi connectivity index (χ1n) is 8.87. The number of aromatic carboxylic acids is 2. The molecule has 2 N–H and O–H groups in total. The Labute approximate surface area is 183 Å². The summed E-state index contributed by atoms with van der Waals surface area (Å²) < 4.78 is 30.1. The number of aryl methyl sites for hydroxylation is 1. The third kappa shape index (κ3) is 4.70. The summed E-state index contributed by atoms with van der Waals surface area (Å²) in [5.41, 5.74) is 0.107. The van der Waals surface area contributed by atoms with E-state index in [-0.39, 0.29) is 38.6 Å². The van der Waals surface area contributed by atoms with E-state index < -0.39 is 21.8 Å². The van der Waals surface area contributed by atoms with Crippen molar-refractivity contribution in [2.75, 3.05) is 6.26 Å². The van der Waals surface area contributed by atoms with E-state index in [1.54, 1.807) is 24.3 Å². The molecule has 0 bridgehead atoms. The second-order valence-corrected chi connectivity index (χ2v) is 9.21. The molecule has 0 aliphatic rings. The van der Waals surface area contributed by atoms with Crippen LogP contribution < -0.4 is 4.74 Å². The van der Waals surface area contributed by atoms with Gasteiger partial charge in [0.2, 0.25) is 0 Å². The van der Waals surface area contributed by atoms with Crippen molar-refractivity contribution < 1.29 is 33.0 Å². The minimum absolute atomic E-state index is 0.0506. The lowest BCUT2D eigenvalue weighted by Crippen LogP contribution is -2.07. The van der Waals surface area contributed by atoms with Crippen molar-refractivity contribution in [3.05, 3.63) is 76.3 Å². The highest BCUT2D eigenvalue weighted by Crippen LogP contribution is 2.39. The van der Waals surface area contributed by atoms with E-state index in [1.165, 1.54) is 31.2 Å². The molecule has 3 rings (SSSR count). The lowest BCUT2D eigenvalue weighted by atomic mass is 9.93. The highest BCUT2D eigenvalue weighted by Gasteiger charge is 2.22. The summed E-state index contributed by atoms with van der Waals surface area (Å²) in [6, 6.07) is 13.1. The molecule has 0 heterocycles. The summed E-state index contributed by atoms with van der Waals surface area (Å²) in [7, 11) is -3.62. The summed E-state index contributed by atoms with van der Waals surface area (Å²) in [5, 5.41) is 19.4. The van der Waals surface area contributed by atoms with Gasteiger partial charge >= 0.3 is 11.9 Å². The molecule has 7 nitrogen and oxygen atoms in total. The standard InChI is InChI=1S/C22H17ClO7S/c1-12-9-15(17(22(26)27)11-14(12)21(24)25)16-10-13(31(2,28)29)7-8-19(16)30-20-6-4-3-5-18(20)23/h3-11H,1-2H3,(H,24,25)(H,26,27). The molecule has 9 heteroatoms. The van der Waals surface area contributed by atoms with Crippen molar-refractivity contribution in [3.63, 3.8) is 0 Å². The lowest BCUT2D eigenvalue weighted by Gasteiger charge is -2.16. The third-order valence-electron chi connectivity index (χ3n) is 4.55. The predicted molar refractivity (Wildman–Crippen MR) is 115 cm³/mol. The van der Waals surface area contributed by atoms with Gasteiger partial charge in [0.25, 0.3) is 0 Å². The summed E-state index contributed by atoms with van der Waals surface area (Å²) in [6.45, 7) is 1.52. The molecule has 0 aliphatic heterocycles. The van der Waals surface area contributed by atoms with E-state index >= 15 is 0 Å². The van der Waals surface area contributed by atoms with Gasteiger partial charge in [-0.25, -0.2) is 18.0 Å². The number of ether oxygens (including phenoxy) is 1. The smallest absolute Gasteiger partial charge is 0.336 e. The number of hydrogen-bond donors (Lipinski definition) is 2. The van der Waals surface area contributed by atoms with Gasteiger partial charge in [0.05, 0.1) is 21.0 Å². The Morgan fingerprint density at radius 1 is 0.871 bits per heavy atom. The van der Waals surface area contributed by atoms with Gasteiger partial charge in [-0.1, -0.05) is 23.7 Å². The number of para-hydroxylation sites is 1. The molecule has 0 amide bonds. The van der Waals surface area contributed by atoms with Crippen LogP contribution in [0.4, 0.5) is 0 Å². The molecule has 31 heavy (non-hydrogen) atoms. The van der Waals surface area contributed by atoms with Crippen molar-refractivity contribution in [1.29, 1.82) is 0 Å². The van der Waals surface area contributed by atoms with Gasteiger partial charge < -0.3 is 14.9 Å². The zero-order valence-electron chi connectivity index (χ0n) is 16.4. The average molecular weight is 461 g/mol. The zero-order valence-corrected chi connectivity index (χ0v) is 18.0. The highest BCUT2D eigenvalue weighted by atomic mass is 35.5. The van der Waals surface area contributed by atoms with E-state index in [0.717, 1.165) is 12.3 Å². The molecule has 0 spiro atoms. The quantitative estimate of drug-likeness (QED) is 0.536. The van der Waals surface area contributed by atoms with Gasteiger partial charge in [0, 0.05) is 17.4 Å². The Hall–Kier alpha value is -3.36. The number of carboxylic acid groups (broad SMARTS) is 2. The predicted octanol–water partition coefficient (Wildman–Crippen LogP) is 4.91. The molecule has 0 saturated carbocycles. The van der Waals surface area contributed by atoms with Crippen LogP contribution >= 0.6 is 11.6 Å². The van der Waals surface area contributed by atoms with Gasteiger partial charge in [-0.2, -0.15) is 0 Å². The molecule has 3 aromatic rings. The Kier molecular flexibility index (Phi) is 6.06. The van der Waals surface area contributed by atoms with Crippen LogP contribution in [-0.2, 0) is 9.84 Å². The van der Waals surface area contributed by atoms with Crippen molar-refractivity contribution in [2.45, 2.75) is 11.8 Å². The van der Waals surface area contributed by atoms with Crippen molar-refractivity contribution in [2.24, 2.45) is 0 Å². The first-order valence-corrected chi connectivity index (χ1v) is 11.1. The van der Waals surface area contributed by atoms with Gasteiger partial charge in [-0.05, 0) is 55.0 Å². The third-order valence-corrected chi connectivity index (χ3v) is 5.97. The van der Waals surface area contributed by atoms with Crippen LogP contribution in [-0.4, -0.2) is 36.8 Å². The molecular formula is C22H17ClO7S. The molecule has 0 radical (unpaired) electrons. The number of halogens is 1. The molecule has 0 unspecified atom stereocenters. The maximum atomic E-state index is 12.1. The van der Waals surface area contributed by atoms with E-state index in [1.807, 2.05) is 0 Å². The number of rotatable bonds is 6. The average Bonchev–Trinajstić information content (AvgIpc) is 2.68. The van der Waals surface area contributed by atoms with E-state index in [2.05, 4.69) is 0 Å². The molecule has 0 aromatic heterocycles. The van der Waals surface area contributed by atoms with E-state index in [4.69, 9.17) is 16.3 Å². The van der Waals surface area contributed by atoms with Gasteiger partial charge in [0.15, 0.2) is 9.84 Å². The molecule has 0 atom stereocenters. The van der Waals surface area contributed by atoms with Crippen LogP contribution in [0.15, 0.2) is 59.5 Å². The normalized spacial score (nSPS) is 11.2. The van der Waals surface area contributed by atoms with E-state index in [9.17, 15) is 28.2 Å². The van der Waals surface area contributed by atoms with Crippen LogP contribution in [0.2, 0.25) is 5.02 Å². The molecule has 0 fully saturated rings. The Bertz CT molecular complexity index is 1310. The van der Waals surface area contributed by atoms with Crippen molar-refractivity contribution in [3.8, 4) is 22.6 Å². The van der Waals surface area contributed by atoms with E-state index in [0.29, 0.717) is 10.6 Å².